The molecule has 0 atom stereocenters. The summed E-state index contributed by atoms with van der Waals surface area (Å²) in [6, 6.07) is 8.04. The monoisotopic (exact) mass is 522 g/mol. The third-order valence-corrected chi connectivity index (χ3v) is 9.04. The second kappa shape index (κ2) is 7.92. The number of urea groups is 1. The molecule has 0 spiro atoms. The molecular weight excluding hydrogens is 497 g/mol. The Kier molecular flexibility index (Phi) is 5.40. The average molecular weight is 523 g/mol. The Morgan fingerprint density at radius 3 is 2.28 bits per heavy atom. The first kappa shape index (κ1) is 24.5. The topological polar surface area (TPSA) is 99.7 Å². The van der Waals surface area contributed by atoms with Crippen molar-refractivity contribution in [2.75, 3.05) is 21.7 Å². The first-order valence-corrected chi connectivity index (χ1v) is 13.3. The molecule has 0 radical (unpaired) electrons. The molecule has 3 amide bonds. The predicted molar refractivity (Wildman–Crippen MR) is 126 cm³/mol. The van der Waals surface area contributed by atoms with Crippen LogP contribution in [0.15, 0.2) is 42.6 Å². The summed E-state index contributed by atoms with van der Waals surface area (Å²) in [7, 11) is -3.00. The summed E-state index contributed by atoms with van der Waals surface area (Å²) in [5.41, 5.74) is -2.01. The molecule has 2 saturated heterocycles. The van der Waals surface area contributed by atoms with Gasteiger partial charge in [0, 0.05) is 12.7 Å². The van der Waals surface area contributed by atoms with Crippen molar-refractivity contribution in [1.29, 1.82) is 0 Å². The third-order valence-electron chi connectivity index (χ3n) is 7.22. The molecule has 2 aliphatic heterocycles. The minimum atomic E-state index is -4.35. The largest absolute Gasteiger partial charge is 0.398 e. The van der Waals surface area contributed by atoms with E-state index in [0.717, 1.165) is 4.90 Å². The highest BCUT2D eigenvalue weighted by atomic mass is 32.2. The molecule has 1 N–H and O–H groups in total. The lowest BCUT2D eigenvalue weighted by molar-refractivity contribution is -0.160. The van der Waals surface area contributed by atoms with Gasteiger partial charge in [-0.15, -0.1) is 0 Å². The number of alkyl halides is 3. The quantitative estimate of drug-likeness (QED) is 0.582. The van der Waals surface area contributed by atoms with Gasteiger partial charge in [-0.25, -0.2) is 23.1 Å². The van der Waals surface area contributed by atoms with E-state index in [-0.39, 0.29) is 48.2 Å². The number of sulfone groups is 1. The van der Waals surface area contributed by atoms with Crippen LogP contribution in [-0.2, 0) is 26.6 Å². The number of amides is 3. The molecule has 3 fully saturated rings. The van der Waals surface area contributed by atoms with Gasteiger partial charge in [0.15, 0.2) is 9.84 Å². The molecule has 36 heavy (non-hydrogen) atoms. The maximum absolute atomic E-state index is 13.5. The van der Waals surface area contributed by atoms with E-state index in [1.165, 1.54) is 35.4 Å². The zero-order valence-electron chi connectivity index (χ0n) is 19.7. The Morgan fingerprint density at radius 1 is 1.08 bits per heavy atom. The van der Waals surface area contributed by atoms with E-state index in [2.05, 4.69) is 10.3 Å². The highest BCUT2D eigenvalue weighted by molar-refractivity contribution is 7.92. The zero-order chi connectivity index (χ0) is 26.1. The van der Waals surface area contributed by atoms with Crippen LogP contribution in [-0.4, -0.2) is 59.5 Å². The molecular formula is C24H25F3N4O4S. The molecule has 3 heterocycles. The third kappa shape index (κ3) is 4.00. The van der Waals surface area contributed by atoms with Crippen molar-refractivity contribution in [1.82, 2.24) is 9.88 Å². The van der Waals surface area contributed by atoms with Gasteiger partial charge in [0.2, 0.25) is 0 Å². The van der Waals surface area contributed by atoms with Crippen molar-refractivity contribution in [2.45, 2.75) is 56.4 Å². The summed E-state index contributed by atoms with van der Waals surface area (Å²) in [6.45, 7) is 3.32. The van der Waals surface area contributed by atoms with Crippen LogP contribution in [0.25, 0.3) is 0 Å². The van der Waals surface area contributed by atoms with E-state index in [4.69, 9.17) is 0 Å². The number of nitrogens with zero attached hydrogens (tertiary/aromatic N) is 3. The van der Waals surface area contributed by atoms with Crippen LogP contribution in [0.2, 0.25) is 0 Å². The van der Waals surface area contributed by atoms with E-state index in [0.29, 0.717) is 11.4 Å². The van der Waals surface area contributed by atoms with Crippen LogP contribution in [0.1, 0.15) is 37.8 Å². The molecule has 1 aliphatic carbocycles. The Morgan fingerprint density at radius 2 is 1.72 bits per heavy atom. The number of hydrogen-bond acceptors (Lipinski definition) is 6. The molecule has 1 aromatic carbocycles. The van der Waals surface area contributed by atoms with Crippen LogP contribution in [0.4, 0.5) is 29.5 Å². The van der Waals surface area contributed by atoms with E-state index in [9.17, 15) is 31.2 Å². The van der Waals surface area contributed by atoms with Gasteiger partial charge in [-0.1, -0.05) is 12.1 Å². The number of carbonyl (C=O) groups excluding carboxylic acids is 2. The number of aromatic nitrogens is 1. The smallest absolute Gasteiger partial charge is 0.365 e. The van der Waals surface area contributed by atoms with Gasteiger partial charge in [-0.2, -0.15) is 13.2 Å². The fraction of sp³-hybridized carbons (Fsp3) is 0.458. The second-order valence-corrected chi connectivity index (χ2v) is 12.3. The number of nitrogens with one attached hydrogen (secondary N) is 1. The van der Waals surface area contributed by atoms with Crippen LogP contribution >= 0.6 is 0 Å². The van der Waals surface area contributed by atoms with Gasteiger partial charge in [0.1, 0.15) is 11.4 Å². The van der Waals surface area contributed by atoms with Gasteiger partial charge in [-0.3, -0.25) is 4.79 Å². The number of pyridine rings is 1. The number of anilines is 2. The molecule has 3 aliphatic rings. The molecule has 5 rings (SSSR count). The fourth-order valence-electron chi connectivity index (χ4n) is 4.81. The second-order valence-electron chi connectivity index (χ2n) is 10.2. The molecule has 192 valence electrons. The standard InChI is InChI=1S/C24H25F3N4O4S/c1-22(2)20(32)31(18-5-3-16(4-6-18)23(8-9-23)24(25,26)27)21(33)30(22)12-15-7-10-28-19(11-15)29-17-13-36(34,35)14-17/h3-7,10-11,17H,8-9,12-14H2,1-2H3,(H,28,29). The van der Waals surface area contributed by atoms with Crippen LogP contribution in [0.5, 0.6) is 0 Å². The summed E-state index contributed by atoms with van der Waals surface area (Å²) in [6.07, 6.45) is -2.77. The highest BCUT2D eigenvalue weighted by Crippen LogP contribution is 2.59. The predicted octanol–water partition coefficient (Wildman–Crippen LogP) is 3.63. The van der Waals surface area contributed by atoms with E-state index in [1.807, 2.05) is 0 Å². The Hall–Kier alpha value is -3.15. The number of halogens is 3. The summed E-state index contributed by atoms with van der Waals surface area (Å²) in [4.78, 5) is 33.1. The lowest BCUT2D eigenvalue weighted by atomic mass is 9.95. The molecule has 8 nitrogen and oxygen atoms in total. The summed E-state index contributed by atoms with van der Waals surface area (Å²) < 4.78 is 63.2. The maximum atomic E-state index is 13.5. The van der Waals surface area contributed by atoms with E-state index in [1.54, 1.807) is 26.0 Å². The van der Waals surface area contributed by atoms with E-state index < -0.39 is 38.9 Å². The molecule has 0 unspecified atom stereocenters. The molecule has 12 heteroatoms. The van der Waals surface area contributed by atoms with Crippen LogP contribution < -0.4 is 10.2 Å². The van der Waals surface area contributed by atoms with Crippen molar-refractivity contribution in [3.05, 3.63) is 53.7 Å². The first-order valence-electron chi connectivity index (χ1n) is 11.5. The van der Waals surface area contributed by atoms with Gasteiger partial charge in [0.05, 0.1) is 28.6 Å². The van der Waals surface area contributed by atoms with Gasteiger partial charge < -0.3 is 10.2 Å². The van der Waals surface area contributed by atoms with Crippen molar-refractivity contribution < 1.29 is 31.2 Å². The number of carbonyl (C=O) groups is 2. The lowest BCUT2D eigenvalue weighted by Crippen LogP contribution is -2.46. The summed E-state index contributed by atoms with van der Waals surface area (Å²) in [5.74, 6) is 0.0461. The number of imide groups is 1. The average Bonchev–Trinajstić information content (AvgIpc) is 3.56. The van der Waals surface area contributed by atoms with E-state index >= 15 is 0 Å². The van der Waals surface area contributed by atoms with Crippen molar-refractivity contribution in [3.63, 3.8) is 0 Å². The summed E-state index contributed by atoms with van der Waals surface area (Å²) in [5, 5.41) is 3.06. The number of benzene rings is 1. The van der Waals surface area contributed by atoms with Crippen LogP contribution in [0, 0.1) is 0 Å². The Bertz CT molecular complexity index is 1330. The first-order chi connectivity index (χ1) is 16.7. The Labute approximate surface area is 206 Å². The molecule has 1 saturated carbocycles. The van der Waals surface area contributed by atoms with Crippen molar-refractivity contribution in [3.8, 4) is 0 Å². The zero-order valence-corrected chi connectivity index (χ0v) is 20.5. The number of hydrogen-bond donors (Lipinski definition) is 1. The molecule has 2 aromatic rings. The normalized spacial score (nSPS) is 22.5. The lowest BCUT2D eigenvalue weighted by Gasteiger charge is -2.29. The van der Waals surface area contributed by atoms with Gasteiger partial charge in [-0.05, 0) is 62.1 Å². The summed E-state index contributed by atoms with van der Waals surface area (Å²) >= 11 is 0. The molecule has 1 aromatic heterocycles. The minimum absolute atomic E-state index is 0.0254. The van der Waals surface area contributed by atoms with Crippen molar-refractivity contribution in [2.24, 2.45) is 0 Å². The Balaban J connectivity index is 1.34. The fourth-order valence-corrected chi connectivity index (χ4v) is 6.11. The number of rotatable bonds is 6. The van der Waals surface area contributed by atoms with Gasteiger partial charge in [0.25, 0.3) is 5.91 Å². The van der Waals surface area contributed by atoms with Crippen LogP contribution in [0.3, 0.4) is 0 Å². The SMILES string of the molecule is CC1(C)C(=O)N(c2ccc(C3(C(F)(F)F)CC3)cc2)C(=O)N1Cc1ccnc(NC2CS(=O)(=O)C2)c1. The molecule has 0 bridgehead atoms. The highest BCUT2D eigenvalue weighted by Gasteiger charge is 2.64. The minimum Gasteiger partial charge on any atom is -0.365 e. The van der Waals surface area contributed by atoms with Crippen molar-refractivity contribution >= 4 is 33.3 Å². The maximum Gasteiger partial charge on any atom is 0.398 e. The van der Waals surface area contributed by atoms with Gasteiger partial charge >= 0.3 is 12.2 Å².